The van der Waals surface area contributed by atoms with Gasteiger partial charge in [0.05, 0.1) is 18.1 Å². The maximum absolute atomic E-state index is 13.0. The van der Waals surface area contributed by atoms with Crippen LogP contribution < -0.4 is 0 Å². The van der Waals surface area contributed by atoms with E-state index in [2.05, 4.69) is 20.8 Å². The van der Waals surface area contributed by atoms with Crippen molar-refractivity contribution < 1.29 is 14.3 Å². The molecule has 2 bridgehead atoms. The SMILES string of the molecule is CCC1CC(CC)C2C3OC(CC3C(=O)OC3(CC)CCCC3)C12. The summed E-state index contributed by atoms with van der Waals surface area (Å²) >= 11 is 0. The zero-order chi connectivity index (χ0) is 16.9. The lowest BCUT2D eigenvalue weighted by molar-refractivity contribution is -0.167. The second-order valence-electron chi connectivity index (χ2n) is 8.87. The van der Waals surface area contributed by atoms with Gasteiger partial charge in [0.15, 0.2) is 0 Å². The van der Waals surface area contributed by atoms with Gasteiger partial charge in [-0.05, 0) is 68.6 Å². The van der Waals surface area contributed by atoms with Gasteiger partial charge in [-0.3, -0.25) is 4.79 Å². The zero-order valence-electron chi connectivity index (χ0n) is 15.6. The van der Waals surface area contributed by atoms with E-state index in [0.717, 1.165) is 37.5 Å². The van der Waals surface area contributed by atoms with E-state index in [-0.39, 0.29) is 23.6 Å². The maximum atomic E-state index is 13.0. The molecule has 7 unspecified atom stereocenters. The third-order valence-electron chi connectivity index (χ3n) is 7.99. The molecule has 2 aliphatic heterocycles. The average Bonchev–Trinajstić information content (AvgIpc) is 3.34. The van der Waals surface area contributed by atoms with Gasteiger partial charge in [0.2, 0.25) is 0 Å². The minimum absolute atomic E-state index is 0.00457. The van der Waals surface area contributed by atoms with Crippen molar-refractivity contribution in [2.24, 2.45) is 29.6 Å². The van der Waals surface area contributed by atoms with E-state index in [1.807, 2.05) is 0 Å². The largest absolute Gasteiger partial charge is 0.459 e. The highest BCUT2D eigenvalue weighted by atomic mass is 16.6. The van der Waals surface area contributed by atoms with Crippen LogP contribution in [0.4, 0.5) is 0 Å². The van der Waals surface area contributed by atoms with Gasteiger partial charge in [0, 0.05) is 0 Å². The Balaban J connectivity index is 1.48. The molecule has 2 saturated heterocycles. The van der Waals surface area contributed by atoms with Gasteiger partial charge in [-0.25, -0.2) is 0 Å². The number of hydrogen-bond acceptors (Lipinski definition) is 3. The molecule has 3 heteroatoms. The third kappa shape index (κ3) is 2.45. The second-order valence-corrected chi connectivity index (χ2v) is 8.87. The topological polar surface area (TPSA) is 35.5 Å². The molecule has 2 heterocycles. The smallest absolute Gasteiger partial charge is 0.312 e. The molecular weight excluding hydrogens is 300 g/mol. The molecule has 3 nitrogen and oxygen atoms in total. The summed E-state index contributed by atoms with van der Waals surface area (Å²) in [4.78, 5) is 13.0. The van der Waals surface area contributed by atoms with Gasteiger partial charge >= 0.3 is 5.97 Å². The molecule has 0 aromatic carbocycles. The Morgan fingerprint density at radius 3 is 2.33 bits per heavy atom. The Kier molecular flexibility index (Phi) is 4.43. The van der Waals surface area contributed by atoms with E-state index >= 15 is 0 Å². The summed E-state index contributed by atoms with van der Waals surface area (Å²) < 4.78 is 12.5. The van der Waals surface area contributed by atoms with Crippen LogP contribution in [0.5, 0.6) is 0 Å². The first-order chi connectivity index (χ1) is 11.6. The summed E-state index contributed by atoms with van der Waals surface area (Å²) in [5.41, 5.74) is -0.163. The number of carbonyl (C=O) groups excluding carboxylic acids is 1. The van der Waals surface area contributed by atoms with Crippen LogP contribution in [-0.4, -0.2) is 23.8 Å². The van der Waals surface area contributed by atoms with Crippen LogP contribution >= 0.6 is 0 Å². The van der Waals surface area contributed by atoms with Gasteiger partial charge in [-0.1, -0.05) is 33.6 Å². The van der Waals surface area contributed by atoms with E-state index < -0.39 is 0 Å². The monoisotopic (exact) mass is 334 g/mol. The third-order valence-corrected chi connectivity index (χ3v) is 7.99. The Morgan fingerprint density at radius 2 is 1.71 bits per heavy atom. The number of hydrogen-bond donors (Lipinski definition) is 0. The first-order valence-electron chi connectivity index (χ1n) is 10.5. The summed E-state index contributed by atoms with van der Waals surface area (Å²) in [6.45, 7) is 6.80. The average molecular weight is 335 g/mol. The standard InChI is InChI=1S/C21H34O3/c1-4-13-11-14(5-2)18-17(13)16-12-15(19(18)23-16)20(22)24-21(6-3)9-7-8-10-21/h13-19H,4-12H2,1-3H3. The molecule has 0 aromatic rings. The maximum Gasteiger partial charge on any atom is 0.312 e. The van der Waals surface area contributed by atoms with Gasteiger partial charge in [-0.2, -0.15) is 0 Å². The summed E-state index contributed by atoms with van der Waals surface area (Å²) in [5.74, 6) is 2.93. The molecule has 4 rings (SSSR count). The lowest BCUT2D eigenvalue weighted by Gasteiger charge is -2.34. The van der Waals surface area contributed by atoms with Crippen LogP contribution in [0, 0.1) is 29.6 Å². The highest BCUT2D eigenvalue weighted by Crippen LogP contribution is 2.60. The van der Waals surface area contributed by atoms with Gasteiger partial charge in [0.25, 0.3) is 0 Å². The summed E-state index contributed by atoms with van der Waals surface area (Å²) in [5, 5.41) is 0. The first-order valence-corrected chi connectivity index (χ1v) is 10.5. The van der Waals surface area contributed by atoms with Crippen molar-refractivity contribution in [2.45, 2.75) is 96.4 Å². The van der Waals surface area contributed by atoms with Crippen LogP contribution in [0.25, 0.3) is 0 Å². The second kappa shape index (κ2) is 6.30. The van der Waals surface area contributed by atoms with Gasteiger partial charge in [0.1, 0.15) is 5.60 Å². The van der Waals surface area contributed by atoms with Gasteiger partial charge < -0.3 is 9.47 Å². The number of fused-ring (bicyclic) bond motifs is 5. The van der Waals surface area contributed by atoms with E-state index in [9.17, 15) is 4.79 Å². The Bertz CT molecular complexity index is 481. The molecule has 0 N–H and O–H groups in total. The summed E-state index contributed by atoms with van der Waals surface area (Å²) in [6.07, 6.45) is 10.7. The lowest BCUT2D eigenvalue weighted by Crippen LogP contribution is -2.42. The predicted octanol–water partition coefficient (Wildman–Crippen LogP) is 4.73. The predicted molar refractivity (Wildman–Crippen MR) is 93.5 cm³/mol. The Hall–Kier alpha value is -0.570. The van der Waals surface area contributed by atoms with Crippen LogP contribution in [0.3, 0.4) is 0 Å². The minimum Gasteiger partial charge on any atom is -0.459 e. The minimum atomic E-state index is -0.163. The van der Waals surface area contributed by atoms with E-state index in [1.54, 1.807) is 0 Å². The molecule has 0 aromatic heterocycles. The molecule has 0 amide bonds. The van der Waals surface area contributed by atoms with Crippen LogP contribution in [0.15, 0.2) is 0 Å². The van der Waals surface area contributed by atoms with Crippen LogP contribution in [0.2, 0.25) is 0 Å². The first kappa shape index (κ1) is 16.9. The molecule has 2 aliphatic carbocycles. The van der Waals surface area contributed by atoms with E-state index in [4.69, 9.17) is 9.47 Å². The zero-order valence-corrected chi connectivity index (χ0v) is 15.6. The number of ether oxygens (including phenoxy) is 2. The van der Waals surface area contributed by atoms with E-state index in [0.29, 0.717) is 17.9 Å². The van der Waals surface area contributed by atoms with Crippen molar-refractivity contribution in [3.8, 4) is 0 Å². The van der Waals surface area contributed by atoms with Crippen molar-refractivity contribution in [3.05, 3.63) is 0 Å². The Morgan fingerprint density at radius 1 is 1.04 bits per heavy atom. The molecular formula is C21H34O3. The summed E-state index contributed by atoms with van der Waals surface area (Å²) in [6, 6.07) is 0. The van der Waals surface area contributed by atoms with Crippen molar-refractivity contribution in [1.82, 2.24) is 0 Å². The van der Waals surface area contributed by atoms with Crippen molar-refractivity contribution >= 4 is 5.97 Å². The molecule has 2 saturated carbocycles. The quantitative estimate of drug-likeness (QED) is 0.682. The molecule has 7 atom stereocenters. The summed E-state index contributed by atoms with van der Waals surface area (Å²) in [7, 11) is 0. The van der Waals surface area contributed by atoms with Crippen molar-refractivity contribution in [2.75, 3.05) is 0 Å². The van der Waals surface area contributed by atoms with Crippen molar-refractivity contribution in [3.63, 3.8) is 0 Å². The molecule has 4 fully saturated rings. The number of rotatable bonds is 5. The molecule has 0 spiro atoms. The van der Waals surface area contributed by atoms with Gasteiger partial charge in [-0.15, -0.1) is 0 Å². The highest BCUT2D eigenvalue weighted by Gasteiger charge is 2.63. The molecule has 4 aliphatic rings. The van der Waals surface area contributed by atoms with Crippen LogP contribution in [0.1, 0.15) is 78.6 Å². The molecule has 0 radical (unpaired) electrons. The molecule has 136 valence electrons. The molecule has 24 heavy (non-hydrogen) atoms. The number of esters is 1. The fourth-order valence-corrected chi connectivity index (χ4v) is 6.66. The lowest BCUT2D eigenvalue weighted by atomic mass is 9.70. The van der Waals surface area contributed by atoms with E-state index in [1.165, 1.54) is 32.1 Å². The Labute approximate surface area is 146 Å². The van der Waals surface area contributed by atoms with Crippen LogP contribution in [-0.2, 0) is 14.3 Å². The fourth-order valence-electron chi connectivity index (χ4n) is 6.66. The number of carbonyl (C=O) groups is 1. The fraction of sp³-hybridized carbons (Fsp3) is 0.952. The highest BCUT2D eigenvalue weighted by molar-refractivity contribution is 5.74. The normalized spacial score (nSPS) is 45.5. The van der Waals surface area contributed by atoms with Crippen molar-refractivity contribution in [1.29, 1.82) is 0 Å².